The molecule has 4 rings (SSSR count). The highest BCUT2D eigenvalue weighted by Gasteiger charge is 2.45. The number of rotatable bonds is 1. The molecule has 3 aliphatic rings. The molecule has 0 N–H and O–H groups in total. The van der Waals surface area contributed by atoms with Crippen molar-refractivity contribution in [1.29, 1.82) is 0 Å². The van der Waals surface area contributed by atoms with Crippen LogP contribution in [0.5, 0.6) is 5.75 Å². The molecule has 2 bridgehead atoms. The van der Waals surface area contributed by atoms with Gasteiger partial charge < -0.3 is 9.64 Å². The molecule has 0 aromatic heterocycles. The van der Waals surface area contributed by atoms with E-state index in [2.05, 4.69) is 4.90 Å². The molecule has 1 saturated heterocycles. The average molecular weight is 272 g/mol. The molecule has 1 aromatic carbocycles. The summed E-state index contributed by atoms with van der Waals surface area (Å²) in [5, 5.41) is 0. The fourth-order valence-corrected chi connectivity index (χ4v) is 3.63. The number of carbonyl (C=O) groups excluding carboxylic acids is 1. The monoisotopic (exact) mass is 272 g/mol. The molecule has 20 heavy (non-hydrogen) atoms. The van der Waals surface area contributed by atoms with Crippen molar-refractivity contribution in [1.82, 2.24) is 4.90 Å². The van der Waals surface area contributed by atoms with E-state index >= 15 is 0 Å². The topological polar surface area (TPSA) is 32.8 Å². The highest BCUT2D eigenvalue weighted by Crippen LogP contribution is 2.38. The van der Waals surface area contributed by atoms with Gasteiger partial charge in [-0.15, -0.1) is 0 Å². The molecule has 2 fully saturated rings. The third-order valence-corrected chi connectivity index (χ3v) is 4.98. The second kappa shape index (κ2) is 4.48. The quantitative estimate of drug-likeness (QED) is 0.784. The predicted molar refractivity (Wildman–Crippen MR) is 77.0 cm³/mol. The minimum Gasteiger partial charge on any atom is -0.487 e. The molecule has 2 unspecified atom stereocenters. The number of ether oxygens (including phenoxy) is 1. The number of hydrogen-bond acceptors (Lipinski definition) is 3. The molecule has 2 aliphatic heterocycles. The molecule has 2 heterocycles. The molecule has 1 aliphatic carbocycles. The fraction of sp³-hybridized carbons (Fsp3) is 0.562. The van der Waals surface area contributed by atoms with Crippen molar-refractivity contribution < 1.29 is 9.53 Å². The highest BCUT2D eigenvalue weighted by atomic mass is 16.5. The van der Waals surface area contributed by atoms with Gasteiger partial charge in [-0.3, -0.25) is 9.69 Å². The van der Waals surface area contributed by atoms with E-state index < -0.39 is 0 Å². The number of hydrogen-bond donors (Lipinski definition) is 0. The molecule has 4 heteroatoms. The van der Waals surface area contributed by atoms with Gasteiger partial charge in [0.2, 0.25) is 5.91 Å². The van der Waals surface area contributed by atoms with E-state index in [1.165, 1.54) is 19.3 Å². The number of benzene rings is 1. The lowest BCUT2D eigenvalue weighted by Gasteiger charge is -2.38. The summed E-state index contributed by atoms with van der Waals surface area (Å²) < 4.78 is 6.16. The Balaban J connectivity index is 1.70. The Kier molecular flexibility index (Phi) is 2.74. The smallest absolute Gasteiger partial charge is 0.244 e. The molecular formula is C16H20N2O2. The van der Waals surface area contributed by atoms with Crippen molar-refractivity contribution >= 4 is 11.6 Å². The van der Waals surface area contributed by atoms with Gasteiger partial charge in [0.25, 0.3) is 0 Å². The maximum absolute atomic E-state index is 12.8. The number of nitrogens with zero attached hydrogens (tertiary/aromatic N) is 2. The third-order valence-electron chi connectivity index (χ3n) is 4.98. The van der Waals surface area contributed by atoms with Crippen LogP contribution in [0.25, 0.3) is 0 Å². The van der Waals surface area contributed by atoms with Crippen LogP contribution in [0, 0.1) is 0 Å². The Morgan fingerprint density at radius 1 is 1.25 bits per heavy atom. The van der Waals surface area contributed by atoms with Crippen molar-refractivity contribution in [2.24, 2.45) is 0 Å². The zero-order valence-electron chi connectivity index (χ0n) is 11.8. The van der Waals surface area contributed by atoms with E-state index in [-0.39, 0.29) is 18.1 Å². The van der Waals surface area contributed by atoms with E-state index in [4.69, 9.17) is 4.74 Å². The maximum Gasteiger partial charge on any atom is 0.244 e. The van der Waals surface area contributed by atoms with Gasteiger partial charge in [-0.25, -0.2) is 0 Å². The van der Waals surface area contributed by atoms with Crippen molar-refractivity contribution in [3.8, 4) is 5.75 Å². The van der Waals surface area contributed by atoms with Gasteiger partial charge in [0.05, 0.1) is 11.7 Å². The van der Waals surface area contributed by atoms with E-state index in [0.29, 0.717) is 6.04 Å². The first-order valence-electron chi connectivity index (χ1n) is 7.53. The Morgan fingerprint density at radius 3 is 2.80 bits per heavy atom. The predicted octanol–water partition coefficient (Wildman–Crippen LogP) is 2.04. The van der Waals surface area contributed by atoms with Crippen LogP contribution in [-0.4, -0.2) is 42.6 Å². The number of para-hydroxylation sites is 2. The number of likely N-dealkylation sites (tertiary alicyclic amines) is 1. The summed E-state index contributed by atoms with van der Waals surface area (Å²) in [5.74, 6) is 1.05. The van der Waals surface area contributed by atoms with Gasteiger partial charge in [0.1, 0.15) is 11.9 Å². The summed E-state index contributed by atoms with van der Waals surface area (Å²) in [6, 6.07) is 8.45. The summed E-state index contributed by atoms with van der Waals surface area (Å²) in [6.07, 6.45) is 4.73. The van der Waals surface area contributed by atoms with Crippen molar-refractivity contribution in [2.75, 3.05) is 18.5 Å². The maximum atomic E-state index is 12.8. The van der Waals surface area contributed by atoms with E-state index in [1.54, 1.807) is 4.90 Å². The standard InChI is InChI=1S/C16H20N2O2/c1-17-13-7-2-3-8-15(13)20-12-9-14(16(17)19)18(10-12)11-5-4-6-11/h2-3,7-8,11-12,14H,4-6,9-10H2,1H3. The molecule has 1 aromatic rings. The number of amides is 1. The SMILES string of the molecule is CN1C(=O)C2CC(CN2C2CCC2)Oc2ccccc21. The van der Waals surface area contributed by atoms with Crippen LogP contribution < -0.4 is 9.64 Å². The second-order valence-electron chi connectivity index (χ2n) is 6.14. The van der Waals surface area contributed by atoms with Crippen LogP contribution in [0.1, 0.15) is 25.7 Å². The summed E-state index contributed by atoms with van der Waals surface area (Å²) >= 11 is 0. The van der Waals surface area contributed by atoms with Crippen LogP contribution in [0.4, 0.5) is 5.69 Å². The van der Waals surface area contributed by atoms with Gasteiger partial charge in [0, 0.05) is 26.1 Å². The lowest BCUT2D eigenvalue weighted by atomic mass is 9.91. The van der Waals surface area contributed by atoms with E-state index in [0.717, 1.165) is 24.4 Å². The van der Waals surface area contributed by atoms with Crippen LogP contribution in [0.3, 0.4) is 0 Å². The molecule has 0 spiro atoms. The van der Waals surface area contributed by atoms with Gasteiger partial charge >= 0.3 is 0 Å². The Bertz CT molecular complexity index is 541. The Morgan fingerprint density at radius 2 is 2.05 bits per heavy atom. The summed E-state index contributed by atoms with van der Waals surface area (Å²) in [4.78, 5) is 17.0. The minimum absolute atomic E-state index is 0.00339. The lowest BCUT2D eigenvalue weighted by Crippen LogP contribution is -2.50. The number of likely N-dealkylation sites (N-methyl/N-ethyl adjacent to an activating group) is 1. The van der Waals surface area contributed by atoms with Crippen LogP contribution >= 0.6 is 0 Å². The highest BCUT2D eigenvalue weighted by molar-refractivity contribution is 5.98. The van der Waals surface area contributed by atoms with Crippen molar-refractivity contribution in [3.05, 3.63) is 24.3 Å². The summed E-state index contributed by atoms with van der Waals surface area (Å²) in [6.45, 7) is 0.892. The molecule has 4 nitrogen and oxygen atoms in total. The minimum atomic E-state index is 0.00339. The van der Waals surface area contributed by atoms with Crippen molar-refractivity contribution in [2.45, 2.75) is 43.9 Å². The zero-order valence-corrected chi connectivity index (χ0v) is 11.8. The second-order valence-corrected chi connectivity index (χ2v) is 6.14. The molecule has 106 valence electrons. The lowest BCUT2D eigenvalue weighted by molar-refractivity contribution is -0.124. The van der Waals surface area contributed by atoms with Gasteiger partial charge in [0.15, 0.2) is 0 Å². The van der Waals surface area contributed by atoms with Gasteiger partial charge in [-0.1, -0.05) is 18.6 Å². The molecular weight excluding hydrogens is 252 g/mol. The van der Waals surface area contributed by atoms with Crippen LogP contribution in [0.15, 0.2) is 24.3 Å². The first-order valence-corrected chi connectivity index (χ1v) is 7.53. The van der Waals surface area contributed by atoms with Crippen molar-refractivity contribution in [3.63, 3.8) is 0 Å². The average Bonchev–Trinajstić information content (AvgIpc) is 2.79. The fourth-order valence-electron chi connectivity index (χ4n) is 3.63. The molecule has 1 amide bonds. The van der Waals surface area contributed by atoms with E-state index in [1.807, 2.05) is 31.3 Å². The Hall–Kier alpha value is -1.55. The summed E-state index contributed by atoms with van der Waals surface area (Å²) in [7, 11) is 1.86. The molecule has 1 saturated carbocycles. The van der Waals surface area contributed by atoms with Crippen LogP contribution in [-0.2, 0) is 4.79 Å². The number of carbonyl (C=O) groups is 1. The normalized spacial score (nSPS) is 30.2. The number of fused-ring (bicyclic) bond motifs is 3. The van der Waals surface area contributed by atoms with Gasteiger partial charge in [-0.2, -0.15) is 0 Å². The summed E-state index contributed by atoms with van der Waals surface area (Å²) in [5.41, 5.74) is 0.891. The van der Waals surface area contributed by atoms with Gasteiger partial charge in [-0.05, 0) is 25.0 Å². The molecule has 2 atom stereocenters. The zero-order chi connectivity index (χ0) is 13.7. The largest absolute Gasteiger partial charge is 0.487 e. The first kappa shape index (κ1) is 12.2. The van der Waals surface area contributed by atoms with Crippen LogP contribution in [0.2, 0.25) is 0 Å². The number of anilines is 1. The Labute approximate surface area is 119 Å². The first-order chi connectivity index (χ1) is 9.74. The molecule has 0 radical (unpaired) electrons. The van der Waals surface area contributed by atoms with E-state index in [9.17, 15) is 4.79 Å². The third kappa shape index (κ3) is 1.74.